The lowest BCUT2D eigenvalue weighted by Crippen LogP contribution is -2.44. The molecule has 0 bridgehead atoms. The van der Waals surface area contributed by atoms with Gasteiger partial charge < -0.3 is 15.3 Å². The van der Waals surface area contributed by atoms with Gasteiger partial charge in [0.25, 0.3) is 0 Å². The van der Waals surface area contributed by atoms with Crippen LogP contribution < -0.4 is 5.32 Å². The highest BCUT2D eigenvalue weighted by Gasteiger charge is 2.34. The number of anilines is 1. The lowest BCUT2D eigenvalue weighted by Gasteiger charge is -2.21. The van der Waals surface area contributed by atoms with Crippen LogP contribution in [-0.2, 0) is 4.79 Å². The molecule has 1 aromatic rings. The molecule has 1 saturated heterocycles. The Morgan fingerprint density at radius 2 is 2.26 bits per heavy atom. The average molecular weight is 305 g/mol. The van der Waals surface area contributed by atoms with E-state index in [0.29, 0.717) is 5.75 Å². The third kappa shape index (κ3) is 2.93. The summed E-state index contributed by atoms with van der Waals surface area (Å²) in [6.45, 7) is 0. The summed E-state index contributed by atoms with van der Waals surface area (Å²) in [5, 5.41) is 11.2. The van der Waals surface area contributed by atoms with E-state index in [9.17, 15) is 14.0 Å². The summed E-state index contributed by atoms with van der Waals surface area (Å²) in [5.74, 6) is -1.24. The number of aliphatic carboxylic acids is 1. The first kappa shape index (κ1) is 14.0. The van der Waals surface area contributed by atoms with Gasteiger partial charge in [-0.2, -0.15) is 0 Å². The van der Waals surface area contributed by atoms with Crippen molar-refractivity contribution in [3.05, 3.63) is 29.0 Å². The van der Waals surface area contributed by atoms with Crippen LogP contribution in [0.3, 0.4) is 0 Å². The van der Waals surface area contributed by atoms with Crippen molar-refractivity contribution >= 4 is 41.1 Å². The second-order valence-electron chi connectivity index (χ2n) is 3.86. The van der Waals surface area contributed by atoms with E-state index in [1.165, 1.54) is 30.0 Å². The minimum Gasteiger partial charge on any atom is -0.480 e. The molecule has 2 amide bonds. The van der Waals surface area contributed by atoms with Gasteiger partial charge in [0.2, 0.25) is 0 Å². The minimum absolute atomic E-state index is 0.0708. The van der Waals surface area contributed by atoms with E-state index < -0.39 is 23.9 Å². The summed E-state index contributed by atoms with van der Waals surface area (Å²) in [6.07, 6.45) is 0. The maximum atomic E-state index is 13.6. The highest BCUT2D eigenvalue weighted by molar-refractivity contribution is 7.99. The number of thioether (sulfide) groups is 1. The largest absolute Gasteiger partial charge is 0.480 e. The molecule has 8 heteroatoms. The van der Waals surface area contributed by atoms with Crippen LogP contribution >= 0.6 is 23.4 Å². The van der Waals surface area contributed by atoms with E-state index in [4.69, 9.17) is 16.7 Å². The molecule has 1 atom stereocenters. The number of rotatable bonds is 2. The van der Waals surface area contributed by atoms with Crippen LogP contribution in [0.4, 0.5) is 14.9 Å². The fraction of sp³-hybridized carbons (Fsp3) is 0.273. The number of hydrogen-bond acceptors (Lipinski definition) is 3. The van der Waals surface area contributed by atoms with Crippen molar-refractivity contribution in [3.63, 3.8) is 0 Å². The van der Waals surface area contributed by atoms with Crippen LogP contribution in [0.2, 0.25) is 5.02 Å². The minimum atomic E-state index is -1.08. The van der Waals surface area contributed by atoms with Gasteiger partial charge in [-0.25, -0.2) is 14.0 Å². The Bertz CT molecular complexity index is 529. The van der Waals surface area contributed by atoms with E-state index in [1.807, 2.05) is 0 Å². The molecular formula is C11H10ClFN2O3S. The fourth-order valence-corrected chi connectivity index (χ4v) is 2.95. The van der Waals surface area contributed by atoms with E-state index in [2.05, 4.69) is 5.32 Å². The number of urea groups is 1. The molecule has 1 aromatic carbocycles. The number of halogens is 2. The normalized spacial score (nSPS) is 18.4. The molecule has 2 rings (SSSR count). The third-order valence-corrected chi connectivity index (χ3v) is 3.93. The third-order valence-electron chi connectivity index (χ3n) is 2.62. The van der Waals surface area contributed by atoms with Gasteiger partial charge in [-0.15, -0.1) is 11.8 Å². The maximum Gasteiger partial charge on any atom is 0.327 e. The molecule has 0 spiro atoms. The van der Waals surface area contributed by atoms with Crippen LogP contribution in [-0.4, -0.2) is 39.7 Å². The monoisotopic (exact) mass is 304 g/mol. The summed E-state index contributed by atoms with van der Waals surface area (Å²) in [7, 11) is 0. The molecule has 1 heterocycles. The quantitative estimate of drug-likeness (QED) is 0.880. The SMILES string of the molecule is O=C(O)C1CSCN1C(=O)Nc1cccc(Cl)c1F. The zero-order chi connectivity index (χ0) is 14.0. The van der Waals surface area contributed by atoms with Crippen LogP contribution in [0.25, 0.3) is 0 Å². The number of nitrogens with zero attached hydrogens (tertiary/aromatic N) is 1. The number of amides is 2. The van der Waals surface area contributed by atoms with Gasteiger partial charge in [0.05, 0.1) is 16.6 Å². The first-order valence-corrected chi connectivity index (χ1v) is 6.86. The molecule has 0 aliphatic carbocycles. The van der Waals surface area contributed by atoms with Crippen molar-refractivity contribution < 1.29 is 19.1 Å². The van der Waals surface area contributed by atoms with Crippen LogP contribution in [0.1, 0.15) is 0 Å². The summed E-state index contributed by atoms with van der Waals surface area (Å²) in [4.78, 5) is 24.0. The Morgan fingerprint density at radius 3 is 2.95 bits per heavy atom. The summed E-state index contributed by atoms with van der Waals surface area (Å²) < 4.78 is 13.6. The number of carboxylic acids is 1. The highest BCUT2D eigenvalue weighted by atomic mass is 35.5. The molecule has 0 radical (unpaired) electrons. The second-order valence-corrected chi connectivity index (χ2v) is 5.26. The van der Waals surface area contributed by atoms with Crippen molar-refractivity contribution in [2.45, 2.75) is 6.04 Å². The Balaban J connectivity index is 2.13. The Labute approximate surface area is 117 Å². The standard InChI is InChI=1S/C11H10ClFN2O3S/c12-6-2-1-3-7(9(6)13)14-11(18)15-5-19-4-8(15)10(16)17/h1-3,8H,4-5H2,(H,14,18)(H,16,17). The first-order chi connectivity index (χ1) is 9.00. The van der Waals surface area contributed by atoms with Gasteiger partial charge in [0.1, 0.15) is 6.04 Å². The summed E-state index contributed by atoms with van der Waals surface area (Å²) >= 11 is 6.93. The fourth-order valence-electron chi connectivity index (χ4n) is 1.63. The van der Waals surface area contributed by atoms with Crippen molar-refractivity contribution in [2.24, 2.45) is 0 Å². The zero-order valence-corrected chi connectivity index (χ0v) is 11.2. The number of hydrogen-bond donors (Lipinski definition) is 2. The molecule has 19 heavy (non-hydrogen) atoms. The number of nitrogens with one attached hydrogen (secondary N) is 1. The molecule has 5 nitrogen and oxygen atoms in total. The highest BCUT2D eigenvalue weighted by Crippen LogP contribution is 2.25. The van der Waals surface area contributed by atoms with Gasteiger partial charge in [-0.05, 0) is 12.1 Å². The Kier molecular flexibility index (Phi) is 4.16. The van der Waals surface area contributed by atoms with Gasteiger partial charge >= 0.3 is 12.0 Å². The van der Waals surface area contributed by atoms with Crippen LogP contribution in [0.15, 0.2) is 18.2 Å². The topological polar surface area (TPSA) is 69.6 Å². The number of carbonyl (C=O) groups excluding carboxylic acids is 1. The lowest BCUT2D eigenvalue weighted by molar-refractivity contribution is -0.140. The predicted octanol–water partition coefficient (Wildman–Crippen LogP) is 2.47. The smallest absolute Gasteiger partial charge is 0.327 e. The van der Waals surface area contributed by atoms with Crippen molar-refractivity contribution in [2.75, 3.05) is 16.9 Å². The number of carbonyl (C=O) groups is 2. The van der Waals surface area contributed by atoms with E-state index in [0.717, 1.165) is 4.90 Å². The van der Waals surface area contributed by atoms with Gasteiger partial charge in [0, 0.05) is 5.75 Å². The van der Waals surface area contributed by atoms with Gasteiger partial charge in [-0.1, -0.05) is 17.7 Å². The molecule has 1 aliphatic heterocycles. The number of benzene rings is 1. The zero-order valence-electron chi connectivity index (χ0n) is 9.60. The van der Waals surface area contributed by atoms with Crippen molar-refractivity contribution in [1.82, 2.24) is 4.90 Å². The molecule has 102 valence electrons. The number of carboxylic acid groups (broad SMARTS) is 1. The van der Waals surface area contributed by atoms with E-state index >= 15 is 0 Å². The molecule has 1 fully saturated rings. The molecule has 2 N–H and O–H groups in total. The Hall–Kier alpha value is -1.47. The van der Waals surface area contributed by atoms with Crippen LogP contribution in [0.5, 0.6) is 0 Å². The van der Waals surface area contributed by atoms with E-state index in [1.54, 1.807) is 0 Å². The van der Waals surface area contributed by atoms with Crippen LogP contribution in [0, 0.1) is 5.82 Å². The predicted molar refractivity (Wildman–Crippen MR) is 71.0 cm³/mol. The average Bonchev–Trinajstić information content (AvgIpc) is 2.84. The molecule has 0 saturated carbocycles. The van der Waals surface area contributed by atoms with Gasteiger partial charge in [-0.3, -0.25) is 0 Å². The first-order valence-electron chi connectivity index (χ1n) is 5.33. The maximum absolute atomic E-state index is 13.6. The second kappa shape index (κ2) is 5.66. The molecule has 1 unspecified atom stereocenters. The van der Waals surface area contributed by atoms with E-state index in [-0.39, 0.29) is 16.6 Å². The molecule has 0 aromatic heterocycles. The lowest BCUT2D eigenvalue weighted by atomic mass is 10.3. The molecule has 1 aliphatic rings. The van der Waals surface area contributed by atoms with Gasteiger partial charge in [0.15, 0.2) is 5.82 Å². The Morgan fingerprint density at radius 1 is 1.53 bits per heavy atom. The van der Waals surface area contributed by atoms with Crippen molar-refractivity contribution in [3.8, 4) is 0 Å². The molecular weight excluding hydrogens is 295 g/mol. The summed E-state index contributed by atoms with van der Waals surface area (Å²) in [6, 6.07) is 2.66. The van der Waals surface area contributed by atoms with Crippen molar-refractivity contribution in [1.29, 1.82) is 0 Å². The summed E-state index contributed by atoms with van der Waals surface area (Å²) in [5.41, 5.74) is -0.0708.